The Kier molecular flexibility index (Phi) is 21.8. The molecule has 0 aromatic heterocycles. The maximum Gasteiger partial charge on any atom is 1.00 e. The molecule has 0 amide bonds. The van der Waals surface area contributed by atoms with Gasteiger partial charge in [-0.25, -0.2) is 0 Å². The Labute approximate surface area is 163 Å². The van der Waals surface area contributed by atoms with Crippen LogP contribution < -0.4 is 29.6 Å². The Balaban J connectivity index is -0.000000250. The third-order valence-electron chi connectivity index (χ3n) is 3.12. The van der Waals surface area contributed by atoms with Crippen LogP contribution >= 0.6 is 0 Å². The van der Waals surface area contributed by atoms with Gasteiger partial charge in [0.15, 0.2) is 0 Å². The molecule has 0 heterocycles. The molecule has 0 bridgehead atoms. The summed E-state index contributed by atoms with van der Waals surface area (Å²) in [6, 6.07) is 0. The van der Waals surface area contributed by atoms with Crippen molar-refractivity contribution in [2.45, 2.75) is 89.9 Å². The van der Waals surface area contributed by atoms with Gasteiger partial charge >= 0.3 is 40.0 Å². The van der Waals surface area contributed by atoms with Crippen LogP contribution in [0, 0.1) is 0 Å². The van der Waals surface area contributed by atoms with Crippen molar-refractivity contribution in [2.75, 3.05) is 0 Å². The minimum absolute atomic E-state index is 0. The van der Waals surface area contributed by atoms with Crippen molar-refractivity contribution in [3.05, 3.63) is 0 Å². The molecule has 9 heteroatoms. The molecule has 138 valence electrons. The second kappa shape index (κ2) is 17.6. The van der Waals surface area contributed by atoms with E-state index in [9.17, 15) is 0 Å². The van der Waals surface area contributed by atoms with Gasteiger partial charge in [0.2, 0.25) is 0 Å². The van der Waals surface area contributed by atoms with Gasteiger partial charge < -0.3 is 16.7 Å². The smallest absolute Gasteiger partial charge is 1.00 e. The molecule has 0 aliphatic rings. The molecule has 0 aliphatic carbocycles. The summed E-state index contributed by atoms with van der Waals surface area (Å²) in [5.74, 6) is -2.46. The van der Waals surface area contributed by atoms with Gasteiger partial charge in [-0.2, -0.15) is 8.42 Å². The molecule has 23 heavy (non-hydrogen) atoms. The summed E-state index contributed by atoms with van der Waals surface area (Å²) in [6.07, 6.45) is 13.5. The quantitative estimate of drug-likeness (QED) is 0.139. The molecule has 0 radical (unpaired) electrons. The topological polar surface area (TPSA) is 135 Å². The molecule has 0 saturated carbocycles. The Morgan fingerprint density at radius 2 is 1.00 bits per heavy atom. The van der Waals surface area contributed by atoms with Crippen molar-refractivity contribution < 1.29 is 63.8 Å². The molecular weight excluding hydrogens is 335 g/mol. The molecule has 0 aromatic carbocycles. The summed E-state index contributed by atoms with van der Waals surface area (Å²) in [6.45, 7) is 2.24. The number of rotatable bonds is 12. The maximum absolute atomic E-state index is 8.74. The first kappa shape index (κ1) is 28.5. The first-order chi connectivity index (χ1) is 10.1. The molecule has 0 unspecified atom stereocenters. The average molecular weight is 368 g/mol. The second-order valence-corrected chi connectivity index (χ2v) is 6.40. The van der Waals surface area contributed by atoms with Gasteiger partial charge in [0.05, 0.1) is 0 Å². The third kappa shape index (κ3) is 45.0. The van der Waals surface area contributed by atoms with E-state index in [0.29, 0.717) is 6.42 Å². The van der Waals surface area contributed by atoms with E-state index in [-0.39, 0.29) is 37.4 Å². The Morgan fingerprint density at radius 3 is 1.26 bits per heavy atom. The monoisotopic (exact) mass is 368 g/mol. The summed E-state index contributed by atoms with van der Waals surface area (Å²) in [4.78, 5) is 0. The van der Waals surface area contributed by atoms with Crippen LogP contribution in [0.15, 0.2) is 0 Å². The standard InChI is InChI=1S/C14H30O3.Na.H2O4S.H/c1-2-3-4-5-6-7-8-9-10-11-12-13-14(15,16)17;;1-5(2,3)4;/h15-17H,2-13H2,1H3;;(H2,1,2,3,4);/q;+1;;-1. The number of aliphatic hydroxyl groups is 3. The van der Waals surface area contributed by atoms with Gasteiger partial charge in [-0.15, -0.1) is 0 Å². The van der Waals surface area contributed by atoms with E-state index in [2.05, 4.69) is 6.92 Å². The van der Waals surface area contributed by atoms with E-state index in [1.54, 1.807) is 0 Å². The second-order valence-electron chi connectivity index (χ2n) is 5.51. The van der Waals surface area contributed by atoms with Crippen LogP contribution in [0.25, 0.3) is 0 Å². The van der Waals surface area contributed by atoms with E-state index < -0.39 is 16.4 Å². The van der Waals surface area contributed by atoms with Crippen LogP contribution in [-0.4, -0.2) is 38.8 Å². The summed E-state index contributed by atoms with van der Waals surface area (Å²) in [7, 11) is -4.67. The zero-order chi connectivity index (χ0) is 17.5. The van der Waals surface area contributed by atoms with Crippen molar-refractivity contribution in [2.24, 2.45) is 0 Å². The molecule has 0 saturated heterocycles. The van der Waals surface area contributed by atoms with Crippen molar-refractivity contribution in [1.29, 1.82) is 0 Å². The average Bonchev–Trinajstić information content (AvgIpc) is 2.32. The van der Waals surface area contributed by atoms with Crippen LogP contribution in [0.1, 0.15) is 85.4 Å². The fourth-order valence-electron chi connectivity index (χ4n) is 2.03. The zero-order valence-electron chi connectivity index (χ0n) is 15.4. The molecule has 0 rings (SSSR count). The summed E-state index contributed by atoms with van der Waals surface area (Å²) in [5.41, 5.74) is 0. The van der Waals surface area contributed by atoms with Crippen molar-refractivity contribution in [3.63, 3.8) is 0 Å². The Bertz CT molecular complexity index is 327. The summed E-state index contributed by atoms with van der Waals surface area (Å²) in [5, 5.41) is 26.0. The van der Waals surface area contributed by atoms with Crippen molar-refractivity contribution in [1.82, 2.24) is 0 Å². The SMILES string of the molecule is CCCCCCCCCCCCCC(O)(O)O.O=S(=O)(O)O.[H-].[Na+]. The molecule has 0 atom stereocenters. The molecule has 0 aromatic rings. The Hall–Kier alpha value is 0.750. The number of hydrogen-bond donors (Lipinski definition) is 5. The van der Waals surface area contributed by atoms with Crippen LogP contribution in [0.3, 0.4) is 0 Å². The van der Waals surface area contributed by atoms with Crippen molar-refractivity contribution in [3.8, 4) is 0 Å². The maximum atomic E-state index is 8.74. The molecular formula is C14H33NaO7S. The van der Waals surface area contributed by atoms with Gasteiger partial charge in [0.25, 0.3) is 5.97 Å². The van der Waals surface area contributed by atoms with Crippen LogP contribution in [-0.2, 0) is 10.4 Å². The van der Waals surface area contributed by atoms with E-state index in [0.717, 1.165) is 12.8 Å². The molecule has 5 N–H and O–H groups in total. The summed E-state index contributed by atoms with van der Waals surface area (Å²) < 4.78 is 31.6. The minimum atomic E-state index is -4.67. The van der Waals surface area contributed by atoms with Gasteiger partial charge in [-0.3, -0.25) is 9.11 Å². The normalized spacial score (nSPS) is 11.4. The molecule has 0 aliphatic heterocycles. The predicted molar refractivity (Wildman–Crippen MR) is 85.8 cm³/mol. The van der Waals surface area contributed by atoms with Crippen LogP contribution in [0.2, 0.25) is 0 Å². The van der Waals surface area contributed by atoms with E-state index in [1.165, 1.54) is 51.4 Å². The van der Waals surface area contributed by atoms with Gasteiger partial charge in [-0.1, -0.05) is 71.1 Å². The first-order valence-electron chi connectivity index (χ1n) is 7.93. The summed E-state index contributed by atoms with van der Waals surface area (Å²) >= 11 is 0. The van der Waals surface area contributed by atoms with E-state index >= 15 is 0 Å². The molecule has 0 spiro atoms. The fourth-order valence-corrected chi connectivity index (χ4v) is 2.03. The van der Waals surface area contributed by atoms with Gasteiger partial charge in [0.1, 0.15) is 0 Å². The predicted octanol–water partition coefficient (Wildman–Crippen LogP) is -0.218. The minimum Gasteiger partial charge on any atom is -1.00 e. The van der Waals surface area contributed by atoms with Crippen LogP contribution in [0.5, 0.6) is 0 Å². The third-order valence-corrected chi connectivity index (χ3v) is 3.12. The number of unbranched alkanes of at least 4 members (excludes halogenated alkanes) is 10. The zero-order valence-corrected chi connectivity index (χ0v) is 17.3. The van der Waals surface area contributed by atoms with E-state index in [4.69, 9.17) is 32.8 Å². The van der Waals surface area contributed by atoms with Crippen molar-refractivity contribution >= 4 is 10.4 Å². The largest absolute Gasteiger partial charge is 1.00 e. The van der Waals surface area contributed by atoms with Gasteiger partial charge in [0, 0.05) is 6.42 Å². The Morgan fingerprint density at radius 1 is 0.739 bits per heavy atom. The van der Waals surface area contributed by atoms with Gasteiger partial charge in [-0.05, 0) is 6.42 Å². The first-order valence-corrected chi connectivity index (χ1v) is 9.33. The number of hydrogen-bond acceptors (Lipinski definition) is 5. The fraction of sp³-hybridized carbons (Fsp3) is 1.00. The van der Waals surface area contributed by atoms with E-state index in [1.807, 2.05) is 0 Å². The molecule has 7 nitrogen and oxygen atoms in total. The molecule has 0 fully saturated rings. The van der Waals surface area contributed by atoms with Crippen LogP contribution in [0.4, 0.5) is 0 Å².